The molecular weight excluding hydrogens is 625 g/mol. The molecule has 242 valence electrons. The van der Waals surface area contributed by atoms with Gasteiger partial charge in [0, 0.05) is 10.8 Å². The van der Waals surface area contributed by atoms with Crippen LogP contribution in [-0.2, 0) is 11.6 Å². The van der Waals surface area contributed by atoms with Crippen molar-refractivity contribution in [3.63, 3.8) is 0 Å². The van der Waals surface area contributed by atoms with E-state index in [4.69, 9.17) is 8.42 Å². The molecule has 8 rings (SSSR count). The molecule has 5 heteroatoms. The van der Waals surface area contributed by atoms with Crippen LogP contribution in [0.25, 0.3) is 43.8 Å². The maximum absolute atomic E-state index is 9.37. The van der Waals surface area contributed by atoms with Crippen LogP contribution >= 0.6 is 0 Å². The van der Waals surface area contributed by atoms with Crippen LogP contribution in [0, 0.1) is 0 Å². The molecule has 0 aromatic heterocycles. The van der Waals surface area contributed by atoms with Crippen molar-refractivity contribution in [2.45, 2.75) is 0 Å². The lowest BCUT2D eigenvalue weighted by Crippen LogP contribution is -1.73. The van der Waals surface area contributed by atoms with Crippen LogP contribution in [0.15, 0.2) is 206 Å². The van der Waals surface area contributed by atoms with Crippen LogP contribution in [-0.4, -0.2) is 18.6 Å². The molecule has 4 nitrogen and oxygen atoms in total. The van der Waals surface area contributed by atoms with E-state index in [9.17, 15) is 10.2 Å². The maximum Gasteiger partial charge on any atom is 0.335 e. The highest BCUT2D eigenvalue weighted by molar-refractivity contribution is 7.51. The van der Waals surface area contributed by atoms with Gasteiger partial charge in [-0.3, -0.25) is 0 Å². The lowest BCUT2D eigenvalue weighted by atomic mass is 10.1. The Balaban J connectivity index is 0.000000143. The van der Waals surface area contributed by atoms with Crippen LogP contribution in [0.1, 0.15) is 0 Å². The Kier molecular flexibility index (Phi) is 14.5. The first-order chi connectivity index (χ1) is 24.1. The molecule has 0 spiro atoms. The largest absolute Gasteiger partial charge is 0.507 e. The summed E-state index contributed by atoms with van der Waals surface area (Å²) >= 11 is -0.750. The summed E-state index contributed by atoms with van der Waals surface area (Å²) in [4.78, 5) is 0. The summed E-state index contributed by atoms with van der Waals surface area (Å²) < 4.78 is 16.6. The van der Waals surface area contributed by atoms with Gasteiger partial charge in [-0.2, -0.15) is 8.42 Å². The van der Waals surface area contributed by atoms with Gasteiger partial charge in [-0.25, -0.2) is 0 Å². The van der Waals surface area contributed by atoms with Crippen molar-refractivity contribution in [2.75, 3.05) is 0 Å². The van der Waals surface area contributed by atoms with Gasteiger partial charge in [0.05, 0.1) is 0 Å². The van der Waals surface area contributed by atoms with E-state index in [2.05, 4.69) is 97.1 Å². The molecule has 0 amide bonds. The molecule has 8 aromatic rings. The summed E-state index contributed by atoms with van der Waals surface area (Å²) in [5, 5.41) is 22.7. The van der Waals surface area contributed by atoms with Crippen molar-refractivity contribution >= 4 is 33.1 Å². The van der Waals surface area contributed by atoms with E-state index < -0.39 is 11.6 Å². The summed E-state index contributed by atoms with van der Waals surface area (Å²) in [7, 11) is 0. The van der Waals surface area contributed by atoms with E-state index in [1.807, 2.05) is 97.1 Å². The van der Waals surface area contributed by atoms with Gasteiger partial charge >= 0.3 is 11.6 Å². The molecule has 0 saturated heterocycles. The fourth-order valence-corrected chi connectivity index (χ4v) is 4.94. The molecule has 2 N–H and O–H groups in total. The first-order valence-electron chi connectivity index (χ1n) is 15.6. The third-order valence-electron chi connectivity index (χ3n) is 7.30. The standard InChI is InChI=1S/2C12H10.2C10H8O.O2S/c2*1-3-7-11(8-4-1)12-9-5-2-6-10-12;2*11-10-7-3-5-8-4-1-2-6-9(8)10;1-3-2/h2*1-10H;2*1-7,11H;. The van der Waals surface area contributed by atoms with Gasteiger partial charge < -0.3 is 10.2 Å². The fraction of sp³-hybridized carbons (Fsp3) is 0. The Hall–Kier alpha value is -6.30. The molecule has 0 unspecified atom stereocenters. The second kappa shape index (κ2) is 20.0. The quantitative estimate of drug-likeness (QED) is 0.193. The van der Waals surface area contributed by atoms with Crippen molar-refractivity contribution in [2.24, 2.45) is 0 Å². The minimum atomic E-state index is -0.750. The molecule has 49 heavy (non-hydrogen) atoms. The molecule has 0 aliphatic heterocycles. The minimum Gasteiger partial charge on any atom is -0.507 e. The lowest BCUT2D eigenvalue weighted by molar-refractivity contribution is 0.481. The number of fused-ring (bicyclic) bond motifs is 2. The molecule has 0 aliphatic carbocycles. The third kappa shape index (κ3) is 11.5. The monoisotopic (exact) mass is 660 g/mol. The summed E-state index contributed by atoms with van der Waals surface area (Å²) in [6, 6.07) is 68.1. The van der Waals surface area contributed by atoms with Crippen molar-refractivity contribution in [3.05, 3.63) is 206 Å². The second-order valence-corrected chi connectivity index (χ2v) is 10.7. The van der Waals surface area contributed by atoms with E-state index in [1.165, 1.54) is 22.3 Å². The molecule has 0 heterocycles. The van der Waals surface area contributed by atoms with E-state index in [1.54, 1.807) is 12.1 Å². The zero-order valence-electron chi connectivity index (χ0n) is 26.7. The number of hydrogen-bond acceptors (Lipinski definition) is 4. The Morgan fingerprint density at radius 2 is 0.510 bits per heavy atom. The number of hydrogen-bond donors (Lipinski definition) is 2. The molecular formula is C44H36O4S. The van der Waals surface area contributed by atoms with Gasteiger partial charge in [0.2, 0.25) is 0 Å². The van der Waals surface area contributed by atoms with Crippen LogP contribution in [0.5, 0.6) is 11.5 Å². The maximum atomic E-state index is 9.37. The fourth-order valence-electron chi connectivity index (χ4n) is 4.94. The van der Waals surface area contributed by atoms with Gasteiger partial charge in [-0.1, -0.05) is 194 Å². The van der Waals surface area contributed by atoms with E-state index in [0.717, 1.165) is 21.5 Å². The molecule has 0 bridgehead atoms. The third-order valence-corrected chi connectivity index (χ3v) is 7.30. The highest BCUT2D eigenvalue weighted by atomic mass is 32.1. The average Bonchev–Trinajstić information content (AvgIpc) is 3.18. The zero-order chi connectivity index (χ0) is 34.5. The number of aromatic hydroxyl groups is 2. The van der Waals surface area contributed by atoms with Crippen LogP contribution in [0.4, 0.5) is 0 Å². The number of phenols is 2. The van der Waals surface area contributed by atoms with Gasteiger partial charge in [-0.05, 0) is 45.2 Å². The van der Waals surface area contributed by atoms with Crippen LogP contribution in [0.2, 0.25) is 0 Å². The van der Waals surface area contributed by atoms with E-state index >= 15 is 0 Å². The Labute approximate surface area is 290 Å². The molecule has 0 fully saturated rings. The highest BCUT2D eigenvalue weighted by Gasteiger charge is 1.96. The molecule has 0 aliphatic rings. The summed E-state index contributed by atoms with van der Waals surface area (Å²) in [6.07, 6.45) is 0. The molecule has 0 radical (unpaired) electrons. The average molecular weight is 661 g/mol. The zero-order valence-corrected chi connectivity index (χ0v) is 27.6. The van der Waals surface area contributed by atoms with Gasteiger partial charge in [0.1, 0.15) is 11.5 Å². The van der Waals surface area contributed by atoms with Gasteiger partial charge in [0.25, 0.3) is 0 Å². The number of phenolic OH excluding ortho intramolecular Hbond substituents is 2. The van der Waals surface area contributed by atoms with Crippen LogP contribution < -0.4 is 0 Å². The highest BCUT2D eigenvalue weighted by Crippen LogP contribution is 2.24. The van der Waals surface area contributed by atoms with Crippen molar-refractivity contribution < 1.29 is 18.6 Å². The van der Waals surface area contributed by atoms with Crippen molar-refractivity contribution in [1.82, 2.24) is 0 Å². The van der Waals surface area contributed by atoms with Crippen molar-refractivity contribution in [3.8, 4) is 33.8 Å². The smallest absolute Gasteiger partial charge is 0.335 e. The summed E-state index contributed by atoms with van der Waals surface area (Å²) in [5.41, 5.74) is 5.10. The first-order valence-corrected chi connectivity index (χ1v) is 16.2. The Morgan fingerprint density at radius 1 is 0.286 bits per heavy atom. The number of benzene rings is 8. The lowest BCUT2D eigenvalue weighted by Gasteiger charge is -1.98. The van der Waals surface area contributed by atoms with Crippen LogP contribution in [0.3, 0.4) is 0 Å². The van der Waals surface area contributed by atoms with Crippen molar-refractivity contribution in [1.29, 1.82) is 0 Å². The predicted octanol–water partition coefficient (Wildman–Crippen LogP) is 11.1. The second-order valence-electron chi connectivity index (χ2n) is 10.5. The summed E-state index contributed by atoms with van der Waals surface area (Å²) in [6.45, 7) is 0. The Morgan fingerprint density at radius 3 is 0.776 bits per heavy atom. The van der Waals surface area contributed by atoms with E-state index in [0.29, 0.717) is 11.5 Å². The molecule has 0 saturated carbocycles. The Bertz CT molecular complexity index is 1910. The first kappa shape index (κ1) is 35.6. The van der Waals surface area contributed by atoms with E-state index in [-0.39, 0.29) is 0 Å². The topological polar surface area (TPSA) is 74.6 Å². The predicted molar refractivity (Wildman–Crippen MR) is 204 cm³/mol. The number of rotatable bonds is 2. The molecule has 0 atom stereocenters. The van der Waals surface area contributed by atoms with Gasteiger partial charge in [-0.15, -0.1) is 0 Å². The summed E-state index contributed by atoms with van der Waals surface area (Å²) in [5.74, 6) is 0.700. The SMILES string of the molecule is O=S=O.Oc1cccc2ccccc12.Oc1cccc2ccccc12.c1ccc(-c2ccccc2)cc1.c1ccc(-c2ccccc2)cc1. The molecule has 8 aromatic carbocycles. The minimum absolute atomic E-state index is 0.350. The van der Waals surface area contributed by atoms with Gasteiger partial charge in [0.15, 0.2) is 0 Å². The normalized spacial score (nSPS) is 9.55.